The van der Waals surface area contributed by atoms with Crippen LogP contribution >= 0.6 is 11.3 Å². The number of methoxy groups -OCH3 is 1. The predicted octanol–water partition coefficient (Wildman–Crippen LogP) is 1.59. The van der Waals surface area contributed by atoms with Gasteiger partial charge in [0.2, 0.25) is 0 Å². The second-order valence-corrected chi connectivity index (χ2v) is 5.53. The van der Waals surface area contributed by atoms with Crippen LogP contribution in [0.1, 0.15) is 17.7 Å². The highest BCUT2D eigenvalue weighted by Crippen LogP contribution is 2.39. The smallest absolute Gasteiger partial charge is 0.0659 e. The molecule has 3 N–H and O–H groups in total. The normalized spacial score (nSPS) is 19.6. The molecular formula is C12H20N2OS. The van der Waals surface area contributed by atoms with E-state index in [2.05, 4.69) is 22.8 Å². The Morgan fingerprint density at radius 2 is 2.44 bits per heavy atom. The largest absolute Gasteiger partial charge is 0.383 e. The molecule has 1 unspecified atom stereocenters. The first kappa shape index (κ1) is 12.0. The molecule has 1 aliphatic rings. The zero-order valence-corrected chi connectivity index (χ0v) is 10.6. The van der Waals surface area contributed by atoms with E-state index in [0.29, 0.717) is 19.1 Å². The predicted molar refractivity (Wildman–Crippen MR) is 67.5 cm³/mol. The number of rotatable bonds is 7. The molecule has 1 aliphatic carbocycles. The molecule has 0 spiro atoms. The molecule has 0 amide bonds. The number of ether oxygens (including phenoxy) is 1. The summed E-state index contributed by atoms with van der Waals surface area (Å²) in [6.07, 6.45) is 2.55. The van der Waals surface area contributed by atoms with E-state index in [-0.39, 0.29) is 5.54 Å². The van der Waals surface area contributed by atoms with Crippen molar-refractivity contribution < 1.29 is 4.74 Å². The number of nitrogens with two attached hydrogens (primary N) is 1. The van der Waals surface area contributed by atoms with Crippen molar-refractivity contribution in [2.45, 2.75) is 24.9 Å². The standard InChI is InChI=1S/C12H20N2OS/c1-15-9-12(8-13,10-4-5-10)14-7-11-3-2-6-16-11/h2-3,6,10,14H,4-5,7-9,13H2,1H3. The quantitative estimate of drug-likeness (QED) is 0.761. The lowest BCUT2D eigenvalue weighted by Crippen LogP contribution is -2.56. The highest BCUT2D eigenvalue weighted by molar-refractivity contribution is 7.09. The van der Waals surface area contributed by atoms with Crippen LogP contribution in [0.15, 0.2) is 17.5 Å². The summed E-state index contributed by atoms with van der Waals surface area (Å²) < 4.78 is 5.33. The Kier molecular flexibility index (Phi) is 3.97. The monoisotopic (exact) mass is 240 g/mol. The fraction of sp³-hybridized carbons (Fsp3) is 0.667. The maximum absolute atomic E-state index is 5.94. The van der Waals surface area contributed by atoms with Crippen LogP contribution in [-0.4, -0.2) is 25.8 Å². The van der Waals surface area contributed by atoms with Crippen LogP contribution in [0.2, 0.25) is 0 Å². The second kappa shape index (κ2) is 5.27. The zero-order valence-electron chi connectivity index (χ0n) is 9.74. The zero-order chi connectivity index (χ0) is 11.4. The minimum atomic E-state index is -0.0151. The fourth-order valence-electron chi connectivity index (χ4n) is 2.18. The van der Waals surface area contributed by atoms with E-state index in [4.69, 9.17) is 10.5 Å². The minimum absolute atomic E-state index is 0.0151. The van der Waals surface area contributed by atoms with Gasteiger partial charge in [-0.3, -0.25) is 0 Å². The minimum Gasteiger partial charge on any atom is -0.383 e. The third-order valence-electron chi connectivity index (χ3n) is 3.32. The van der Waals surface area contributed by atoms with Gasteiger partial charge < -0.3 is 15.8 Å². The Balaban J connectivity index is 1.95. The third-order valence-corrected chi connectivity index (χ3v) is 4.20. The lowest BCUT2D eigenvalue weighted by atomic mass is 9.94. The van der Waals surface area contributed by atoms with Crippen molar-refractivity contribution in [3.05, 3.63) is 22.4 Å². The summed E-state index contributed by atoms with van der Waals surface area (Å²) in [6, 6.07) is 4.23. The summed E-state index contributed by atoms with van der Waals surface area (Å²) in [5, 5.41) is 5.71. The maximum atomic E-state index is 5.94. The molecule has 16 heavy (non-hydrogen) atoms. The first-order valence-corrected chi connectivity index (χ1v) is 6.65. The summed E-state index contributed by atoms with van der Waals surface area (Å²) in [5.41, 5.74) is 5.92. The lowest BCUT2D eigenvalue weighted by Gasteiger charge is -2.33. The van der Waals surface area contributed by atoms with Crippen molar-refractivity contribution in [1.82, 2.24) is 5.32 Å². The molecule has 2 rings (SSSR count). The molecule has 1 atom stereocenters. The van der Waals surface area contributed by atoms with Crippen molar-refractivity contribution in [2.24, 2.45) is 11.7 Å². The Hall–Kier alpha value is -0.420. The molecule has 0 radical (unpaired) electrons. The molecule has 0 bridgehead atoms. The van der Waals surface area contributed by atoms with E-state index in [1.165, 1.54) is 17.7 Å². The van der Waals surface area contributed by atoms with Crippen LogP contribution < -0.4 is 11.1 Å². The van der Waals surface area contributed by atoms with Gasteiger partial charge in [-0.05, 0) is 30.2 Å². The number of nitrogens with one attached hydrogen (secondary N) is 1. The second-order valence-electron chi connectivity index (χ2n) is 4.50. The molecule has 1 aromatic heterocycles. The van der Waals surface area contributed by atoms with Gasteiger partial charge in [0.15, 0.2) is 0 Å². The molecule has 1 fully saturated rings. The van der Waals surface area contributed by atoms with E-state index in [1.807, 2.05) is 0 Å². The number of hydrogen-bond acceptors (Lipinski definition) is 4. The van der Waals surface area contributed by atoms with Crippen LogP contribution in [0.5, 0.6) is 0 Å². The van der Waals surface area contributed by atoms with E-state index in [0.717, 1.165) is 6.54 Å². The average molecular weight is 240 g/mol. The Morgan fingerprint density at radius 3 is 2.94 bits per heavy atom. The maximum Gasteiger partial charge on any atom is 0.0659 e. The summed E-state index contributed by atoms with van der Waals surface area (Å²) in [7, 11) is 1.75. The molecule has 0 aliphatic heterocycles. The molecule has 4 heteroatoms. The molecule has 3 nitrogen and oxygen atoms in total. The number of hydrogen-bond donors (Lipinski definition) is 2. The van der Waals surface area contributed by atoms with Gasteiger partial charge in [0.1, 0.15) is 0 Å². The van der Waals surface area contributed by atoms with Crippen molar-refractivity contribution in [3.63, 3.8) is 0 Å². The summed E-state index contributed by atoms with van der Waals surface area (Å²) in [4.78, 5) is 1.36. The number of thiophene rings is 1. The Labute approximate surface area is 101 Å². The van der Waals surface area contributed by atoms with Gasteiger partial charge in [-0.1, -0.05) is 6.07 Å². The Bertz CT molecular complexity index is 311. The van der Waals surface area contributed by atoms with Crippen LogP contribution in [0.25, 0.3) is 0 Å². The van der Waals surface area contributed by atoms with E-state index in [1.54, 1.807) is 18.4 Å². The molecule has 0 aromatic carbocycles. The molecular weight excluding hydrogens is 220 g/mol. The van der Waals surface area contributed by atoms with Crippen LogP contribution in [-0.2, 0) is 11.3 Å². The van der Waals surface area contributed by atoms with Gasteiger partial charge in [0.05, 0.1) is 12.1 Å². The van der Waals surface area contributed by atoms with E-state index < -0.39 is 0 Å². The molecule has 90 valence electrons. The summed E-state index contributed by atoms with van der Waals surface area (Å²) in [5.74, 6) is 0.692. The van der Waals surface area contributed by atoms with Gasteiger partial charge in [-0.25, -0.2) is 0 Å². The summed E-state index contributed by atoms with van der Waals surface area (Å²) >= 11 is 1.78. The van der Waals surface area contributed by atoms with Gasteiger partial charge in [-0.15, -0.1) is 11.3 Å². The molecule has 1 heterocycles. The van der Waals surface area contributed by atoms with Crippen molar-refractivity contribution in [1.29, 1.82) is 0 Å². The SMILES string of the molecule is COCC(CN)(NCc1cccs1)C1CC1. The van der Waals surface area contributed by atoms with Gasteiger partial charge in [0, 0.05) is 25.1 Å². The van der Waals surface area contributed by atoms with E-state index >= 15 is 0 Å². The van der Waals surface area contributed by atoms with Gasteiger partial charge in [-0.2, -0.15) is 0 Å². The molecule has 0 saturated heterocycles. The lowest BCUT2D eigenvalue weighted by molar-refractivity contribution is 0.0977. The molecule has 1 saturated carbocycles. The fourth-order valence-corrected chi connectivity index (χ4v) is 2.83. The van der Waals surface area contributed by atoms with Crippen LogP contribution in [0, 0.1) is 5.92 Å². The highest BCUT2D eigenvalue weighted by atomic mass is 32.1. The van der Waals surface area contributed by atoms with Crippen LogP contribution in [0.3, 0.4) is 0 Å². The highest BCUT2D eigenvalue weighted by Gasteiger charge is 2.43. The van der Waals surface area contributed by atoms with Crippen LogP contribution in [0.4, 0.5) is 0 Å². The van der Waals surface area contributed by atoms with Crippen molar-refractivity contribution in [2.75, 3.05) is 20.3 Å². The molecule has 1 aromatic rings. The first-order valence-electron chi connectivity index (χ1n) is 5.77. The topological polar surface area (TPSA) is 47.3 Å². The summed E-state index contributed by atoms with van der Waals surface area (Å²) in [6.45, 7) is 2.26. The van der Waals surface area contributed by atoms with Crippen molar-refractivity contribution >= 4 is 11.3 Å². The Morgan fingerprint density at radius 1 is 1.62 bits per heavy atom. The van der Waals surface area contributed by atoms with Crippen molar-refractivity contribution in [3.8, 4) is 0 Å². The van der Waals surface area contributed by atoms with E-state index in [9.17, 15) is 0 Å². The first-order chi connectivity index (χ1) is 7.80. The average Bonchev–Trinajstić information content (AvgIpc) is 3.03. The third kappa shape index (κ3) is 2.63. The van der Waals surface area contributed by atoms with Gasteiger partial charge in [0.25, 0.3) is 0 Å². The van der Waals surface area contributed by atoms with Gasteiger partial charge >= 0.3 is 0 Å².